The number of benzene rings is 1. The van der Waals surface area contributed by atoms with Gasteiger partial charge in [-0.15, -0.1) is 0 Å². The van der Waals surface area contributed by atoms with Gasteiger partial charge in [0.15, 0.2) is 0 Å². The molecule has 1 aliphatic carbocycles. The van der Waals surface area contributed by atoms with Crippen molar-refractivity contribution in [2.24, 2.45) is 5.92 Å². The van der Waals surface area contributed by atoms with Gasteiger partial charge in [-0.25, -0.2) is 0 Å². The third-order valence-corrected chi connectivity index (χ3v) is 4.28. The van der Waals surface area contributed by atoms with Crippen LogP contribution >= 0.6 is 0 Å². The highest BCUT2D eigenvalue weighted by Gasteiger charge is 2.21. The van der Waals surface area contributed by atoms with Gasteiger partial charge in [-0.05, 0) is 35.4 Å². The monoisotopic (exact) mass is 289 g/mol. The molecule has 0 amide bonds. The van der Waals surface area contributed by atoms with Gasteiger partial charge in [0.2, 0.25) is 0 Å². The van der Waals surface area contributed by atoms with Crippen LogP contribution in [0.2, 0.25) is 0 Å². The summed E-state index contributed by atoms with van der Waals surface area (Å²) in [5, 5.41) is 3.54. The molecule has 1 N–H and O–H groups in total. The highest BCUT2D eigenvalue weighted by atomic mass is 16.5. The molecule has 118 valence electrons. The van der Waals surface area contributed by atoms with Gasteiger partial charge in [0, 0.05) is 6.61 Å². The molecule has 1 atom stereocenters. The van der Waals surface area contributed by atoms with E-state index in [4.69, 9.17) is 4.74 Å². The minimum atomic E-state index is 0.215. The fourth-order valence-corrected chi connectivity index (χ4v) is 2.59. The fraction of sp³-hybridized carbons (Fsp3) is 0.684. The van der Waals surface area contributed by atoms with Crippen molar-refractivity contribution in [1.29, 1.82) is 0 Å². The van der Waals surface area contributed by atoms with Crippen molar-refractivity contribution in [3.05, 3.63) is 35.4 Å². The van der Waals surface area contributed by atoms with Crippen LogP contribution in [0, 0.1) is 5.92 Å². The first-order chi connectivity index (χ1) is 10.0. The van der Waals surface area contributed by atoms with Gasteiger partial charge < -0.3 is 10.1 Å². The van der Waals surface area contributed by atoms with Crippen molar-refractivity contribution in [2.45, 2.75) is 58.4 Å². The van der Waals surface area contributed by atoms with E-state index in [0.29, 0.717) is 6.04 Å². The van der Waals surface area contributed by atoms with Crippen molar-refractivity contribution in [2.75, 3.05) is 19.8 Å². The molecular weight excluding hydrogens is 258 g/mol. The lowest BCUT2D eigenvalue weighted by atomic mass is 9.86. The second kappa shape index (κ2) is 7.42. The molecule has 0 spiro atoms. The largest absolute Gasteiger partial charge is 0.379 e. The summed E-state index contributed by atoms with van der Waals surface area (Å²) in [5.41, 5.74) is 2.93. The number of likely N-dealkylation sites (N-methyl/N-ethyl adjacent to an activating group) is 1. The van der Waals surface area contributed by atoms with Crippen LogP contribution < -0.4 is 5.32 Å². The highest BCUT2D eigenvalue weighted by Crippen LogP contribution is 2.32. The van der Waals surface area contributed by atoms with E-state index >= 15 is 0 Å². The van der Waals surface area contributed by atoms with Crippen molar-refractivity contribution >= 4 is 0 Å². The number of rotatable bonds is 8. The number of nitrogens with one attached hydrogen (secondary N) is 1. The zero-order valence-corrected chi connectivity index (χ0v) is 14.1. The molecule has 1 aromatic rings. The molecule has 0 saturated heterocycles. The van der Waals surface area contributed by atoms with Gasteiger partial charge in [-0.2, -0.15) is 0 Å². The van der Waals surface area contributed by atoms with Crippen molar-refractivity contribution in [1.82, 2.24) is 5.32 Å². The molecule has 1 aromatic carbocycles. The maximum atomic E-state index is 5.89. The van der Waals surface area contributed by atoms with Crippen LogP contribution in [0.4, 0.5) is 0 Å². The first-order valence-electron chi connectivity index (χ1n) is 8.42. The van der Waals surface area contributed by atoms with Crippen LogP contribution in [-0.2, 0) is 10.2 Å². The summed E-state index contributed by atoms with van der Waals surface area (Å²) < 4.78 is 5.89. The zero-order valence-electron chi connectivity index (χ0n) is 14.1. The van der Waals surface area contributed by atoms with Crippen LogP contribution in [0.1, 0.15) is 64.1 Å². The maximum absolute atomic E-state index is 5.89. The van der Waals surface area contributed by atoms with E-state index in [-0.39, 0.29) is 5.41 Å². The van der Waals surface area contributed by atoms with E-state index in [2.05, 4.69) is 57.3 Å². The average Bonchev–Trinajstić information content (AvgIpc) is 3.26. The molecule has 0 bridgehead atoms. The van der Waals surface area contributed by atoms with E-state index in [9.17, 15) is 0 Å². The van der Waals surface area contributed by atoms with Crippen molar-refractivity contribution in [3.63, 3.8) is 0 Å². The lowest BCUT2D eigenvalue weighted by Crippen LogP contribution is -2.25. The fourth-order valence-electron chi connectivity index (χ4n) is 2.59. The maximum Gasteiger partial charge on any atom is 0.0661 e. The summed E-state index contributed by atoms with van der Waals surface area (Å²) in [6.45, 7) is 11.6. The zero-order chi connectivity index (χ0) is 15.3. The Balaban J connectivity index is 1.89. The molecule has 0 radical (unpaired) electrons. The second-order valence-corrected chi connectivity index (χ2v) is 7.29. The van der Waals surface area contributed by atoms with Crippen molar-refractivity contribution < 1.29 is 4.74 Å². The van der Waals surface area contributed by atoms with Crippen LogP contribution in [0.3, 0.4) is 0 Å². The summed E-state index contributed by atoms with van der Waals surface area (Å²) in [4.78, 5) is 0. The summed E-state index contributed by atoms with van der Waals surface area (Å²) in [6.07, 6.45) is 4.06. The Bertz CT molecular complexity index is 414. The lowest BCUT2D eigenvalue weighted by Gasteiger charge is -2.22. The Morgan fingerprint density at radius 3 is 2.38 bits per heavy atom. The third kappa shape index (κ3) is 5.44. The Labute approximate surface area is 130 Å². The van der Waals surface area contributed by atoms with E-state index in [0.717, 1.165) is 25.7 Å². The first-order valence-corrected chi connectivity index (χ1v) is 8.42. The predicted molar refractivity (Wildman–Crippen MR) is 89.7 cm³/mol. The molecule has 1 fully saturated rings. The SMILES string of the molecule is CCNC(COCCC1CC1)c1ccc(C(C)(C)C)cc1. The van der Waals surface area contributed by atoms with Gasteiger partial charge in [-0.1, -0.05) is 64.8 Å². The van der Waals surface area contributed by atoms with Crippen LogP contribution in [0.15, 0.2) is 24.3 Å². The first kappa shape index (κ1) is 16.5. The molecule has 2 nitrogen and oxygen atoms in total. The third-order valence-electron chi connectivity index (χ3n) is 4.28. The summed E-state index contributed by atoms with van der Waals surface area (Å²) >= 11 is 0. The Morgan fingerprint density at radius 1 is 1.19 bits per heavy atom. The number of hydrogen-bond donors (Lipinski definition) is 1. The van der Waals surface area contributed by atoms with Crippen LogP contribution in [-0.4, -0.2) is 19.8 Å². The average molecular weight is 289 g/mol. The molecule has 2 rings (SSSR count). The molecular formula is C19H31NO. The van der Waals surface area contributed by atoms with Crippen molar-refractivity contribution in [3.8, 4) is 0 Å². The lowest BCUT2D eigenvalue weighted by molar-refractivity contribution is 0.107. The van der Waals surface area contributed by atoms with Crippen LogP contribution in [0.25, 0.3) is 0 Å². The Hall–Kier alpha value is -0.860. The van der Waals surface area contributed by atoms with E-state index in [1.165, 1.54) is 30.4 Å². The molecule has 1 unspecified atom stereocenters. The van der Waals surface area contributed by atoms with Gasteiger partial charge >= 0.3 is 0 Å². The van der Waals surface area contributed by atoms with E-state index in [1.807, 2.05) is 0 Å². The normalized spacial score (nSPS) is 17.0. The smallest absolute Gasteiger partial charge is 0.0661 e. The molecule has 21 heavy (non-hydrogen) atoms. The molecule has 1 aliphatic rings. The van der Waals surface area contributed by atoms with Gasteiger partial charge in [0.1, 0.15) is 0 Å². The van der Waals surface area contributed by atoms with Gasteiger partial charge in [-0.3, -0.25) is 0 Å². The Morgan fingerprint density at radius 2 is 1.86 bits per heavy atom. The summed E-state index contributed by atoms with van der Waals surface area (Å²) in [6, 6.07) is 9.31. The quantitative estimate of drug-likeness (QED) is 0.714. The molecule has 0 heterocycles. The number of hydrogen-bond acceptors (Lipinski definition) is 2. The van der Waals surface area contributed by atoms with Crippen LogP contribution in [0.5, 0.6) is 0 Å². The standard InChI is InChI=1S/C19H31NO/c1-5-20-18(14-21-13-12-15-6-7-15)16-8-10-17(11-9-16)19(2,3)4/h8-11,15,18,20H,5-7,12-14H2,1-4H3. The summed E-state index contributed by atoms with van der Waals surface area (Å²) in [7, 11) is 0. The molecule has 1 saturated carbocycles. The molecule has 2 heteroatoms. The van der Waals surface area contributed by atoms with E-state index < -0.39 is 0 Å². The minimum Gasteiger partial charge on any atom is -0.379 e. The topological polar surface area (TPSA) is 21.3 Å². The predicted octanol–water partition coefficient (Wildman–Crippen LogP) is 4.45. The Kier molecular flexibility index (Phi) is 5.83. The molecule has 0 aromatic heterocycles. The molecule has 0 aliphatic heterocycles. The highest BCUT2D eigenvalue weighted by molar-refractivity contribution is 5.29. The van der Waals surface area contributed by atoms with E-state index in [1.54, 1.807) is 0 Å². The van der Waals surface area contributed by atoms with Gasteiger partial charge in [0.05, 0.1) is 12.6 Å². The summed E-state index contributed by atoms with van der Waals surface area (Å²) in [5.74, 6) is 0.952. The minimum absolute atomic E-state index is 0.215. The number of ether oxygens (including phenoxy) is 1. The van der Waals surface area contributed by atoms with Gasteiger partial charge in [0.25, 0.3) is 0 Å². The second-order valence-electron chi connectivity index (χ2n) is 7.29.